The summed E-state index contributed by atoms with van der Waals surface area (Å²) in [6, 6.07) is 15.1. The van der Waals surface area contributed by atoms with Crippen LogP contribution in [0.5, 0.6) is 0 Å². The molecule has 0 amide bonds. The number of carboxylic acids is 1. The summed E-state index contributed by atoms with van der Waals surface area (Å²) in [4.78, 5) is 15.4. The maximum absolute atomic E-state index is 11.1. The minimum atomic E-state index is -1.23. The molecule has 0 aliphatic rings. The number of rotatable bonds is 4. The second kappa shape index (κ2) is 6.16. The molecule has 1 aromatic carbocycles. The maximum Gasteiger partial charge on any atom is 0.346 e. The molecule has 5 nitrogen and oxygen atoms in total. The number of nitriles is 1. The van der Waals surface area contributed by atoms with Crippen molar-refractivity contribution >= 4 is 22.9 Å². The second-order valence-electron chi connectivity index (χ2n) is 5.03. The number of aromatic nitrogens is 2. The van der Waals surface area contributed by atoms with Crippen LogP contribution in [0.25, 0.3) is 17.0 Å². The molecule has 0 unspecified atom stereocenters. The van der Waals surface area contributed by atoms with Crippen molar-refractivity contribution in [2.45, 2.75) is 6.54 Å². The Balaban J connectivity index is 2.11. The molecule has 0 aliphatic heterocycles. The van der Waals surface area contributed by atoms with Gasteiger partial charge in [0, 0.05) is 28.9 Å². The molecule has 5 heteroatoms. The summed E-state index contributed by atoms with van der Waals surface area (Å²) in [7, 11) is 0. The molecule has 0 saturated carbocycles. The highest BCUT2D eigenvalue weighted by molar-refractivity contribution is 6.00. The molecule has 3 aromatic rings. The van der Waals surface area contributed by atoms with Gasteiger partial charge in [-0.15, -0.1) is 0 Å². The van der Waals surface area contributed by atoms with E-state index in [0.29, 0.717) is 12.1 Å². The van der Waals surface area contributed by atoms with Crippen LogP contribution in [0, 0.1) is 11.3 Å². The lowest BCUT2D eigenvalue weighted by atomic mass is 10.1. The number of carboxylic acid groups (broad SMARTS) is 1. The van der Waals surface area contributed by atoms with E-state index in [9.17, 15) is 4.79 Å². The Labute approximate surface area is 132 Å². The molecule has 0 atom stereocenters. The van der Waals surface area contributed by atoms with E-state index in [1.165, 1.54) is 6.08 Å². The van der Waals surface area contributed by atoms with Crippen molar-refractivity contribution in [3.8, 4) is 6.07 Å². The number of carbonyl (C=O) groups is 1. The number of pyridine rings is 1. The zero-order valence-corrected chi connectivity index (χ0v) is 12.2. The van der Waals surface area contributed by atoms with Crippen LogP contribution in [0.15, 0.2) is 60.4 Å². The zero-order valence-electron chi connectivity index (χ0n) is 12.2. The Hall–Kier alpha value is -3.39. The Morgan fingerprint density at radius 2 is 2.04 bits per heavy atom. The van der Waals surface area contributed by atoms with E-state index in [2.05, 4.69) is 4.98 Å². The summed E-state index contributed by atoms with van der Waals surface area (Å²) in [5.74, 6) is -1.23. The van der Waals surface area contributed by atoms with Gasteiger partial charge in [0.2, 0.25) is 0 Å². The summed E-state index contributed by atoms with van der Waals surface area (Å²) in [5, 5.41) is 18.9. The van der Waals surface area contributed by atoms with Crippen LogP contribution >= 0.6 is 0 Å². The van der Waals surface area contributed by atoms with E-state index in [1.54, 1.807) is 12.3 Å². The van der Waals surface area contributed by atoms with E-state index < -0.39 is 5.97 Å². The van der Waals surface area contributed by atoms with Gasteiger partial charge in [-0.25, -0.2) is 4.79 Å². The van der Waals surface area contributed by atoms with E-state index in [-0.39, 0.29) is 5.57 Å². The van der Waals surface area contributed by atoms with Crippen molar-refractivity contribution in [1.82, 2.24) is 9.55 Å². The van der Waals surface area contributed by atoms with Gasteiger partial charge in [-0.2, -0.15) is 5.26 Å². The first-order chi connectivity index (χ1) is 11.2. The van der Waals surface area contributed by atoms with E-state index in [4.69, 9.17) is 10.4 Å². The first-order valence-corrected chi connectivity index (χ1v) is 7.02. The Bertz CT molecular complexity index is 934. The van der Waals surface area contributed by atoms with E-state index in [0.717, 1.165) is 16.6 Å². The van der Waals surface area contributed by atoms with Crippen molar-refractivity contribution in [3.05, 3.63) is 71.7 Å². The number of hydrogen-bond acceptors (Lipinski definition) is 3. The highest BCUT2D eigenvalue weighted by Gasteiger charge is 2.11. The normalized spacial score (nSPS) is 11.3. The summed E-state index contributed by atoms with van der Waals surface area (Å²) in [5.41, 5.74) is 2.29. The minimum Gasteiger partial charge on any atom is -0.477 e. The fourth-order valence-corrected chi connectivity index (χ4v) is 2.48. The van der Waals surface area contributed by atoms with Gasteiger partial charge in [0.1, 0.15) is 11.6 Å². The molecule has 2 heterocycles. The van der Waals surface area contributed by atoms with Crippen LogP contribution in [0.2, 0.25) is 0 Å². The summed E-state index contributed by atoms with van der Waals surface area (Å²) in [6.45, 7) is 0.574. The molecule has 1 N–H and O–H groups in total. The third-order valence-corrected chi connectivity index (χ3v) is 3.53. The van der Waals surface area contributed by atoms with Crippen molar-refractivity contribution in [2.24, 2.45) is 0 Å². The molecule has 2 aromatic heterocycles. The van der Waals surface area contributed by atoms with Crippen LogP contribution < -0.4 is 0 Å². The summed E-state index contributed by atoms with van der Waals surface area (Å²) < 4.78 is 2.00. The number of fused-ring (bicyclic) bond motifs is 1. The first kappa shape index (κ1) is 14.5. The number of hydrogen-bond donors (Lipinski definition) is 1. The van der Waals surface area contributed by atoms with Crippen LogP contribution in [0.3, 0.4) is 0 Å². The van der Waals surface area contributed by atoms with Crippen LogP contribution in [0.1, 0.15) is 11.3 Å². The third kappa shape index (κ3) is 2.97. The second-order valence-corrected chi connectivity index (χ2v) is 5.03. The number of nitrogens with zero attached hydrogens (tertiary/aromatic N) is 3. The molecule has 23 heavy (non-hydrogen) atoms. The molecular weight excluding hydrogens is 290 g/mol. The topological polar surface area (TPSA) is 78.9 Å². The zero-order chi connectivity index (χ0) is 16.2. The molecule has 112 valence electrons. The summed E-state index contributed by atoms with van der Waals surface area (Å²) in [6.07, 6.45) is 4.99. The van der Waals surface area contributed by atoms with Gasteiger partial charge in [-0.1, -0.05) is 24.3 Å². The highest BCUT2D eigenvalue weighted by atomic mass is 16.4. The predicted molar refractivity (Wildman–Crippen MR) is 86.5 cm³/mol. The fraction of sp³-hybridized carbons (Fsp3) is 0.0556. The number of benzene rings is 1. The van der Waals surface area contributed by atoms with Crippen LogP contribution in [-0.4, -0.2) is 20.6 Å². The van der Waals surface area contributed by atoms with Gasteiger partial charge >= 0.3 is 5.97 Å². The monoisotopic (exact) mass is 303 g/mol. The number of para-hydroxylation sites is 1. The molecule has 3 rings (SSSR count). The van der Waals surface area contributed by atoms with Crippen LogP contribution in [-0.2, 0) is 11.3 Å². The van der Waals surface area contributed by atoms with Gasteiger partial charge < -0.3 is 9.67 Å². The Morgan fingerprint density at radius 3 is 2.74 bits per heavy atom. The molecular formula is C18H13N3O2. The SMILES string of the molecule is N#C/C(=C\c1cn(Cc2ccccn2)c2ccccc12)C(=O)O. The molecule has 0 aliphatic carbocycles. The lowest BCUT2D eigenvalue weighted by Gasteiger charge is -2.04. The van der Waals surface area contributed by atoms with Crippen molar-refractivity contribution in [1.29, 1.82) is 5.26 Å². The third-order valence-electron chi connectivity index (χ3n) is 3.53. The van der Waals surface area contributed by atoms with Crippen molar-refractivity contribution in [3.63, 3.8) is 0 Å². The average Bonchev–Trinajstić information content (AvgIpc) is 2.91. The molecule has 0 fully saturated rings. The van der Waals surface area contributed by atoms with Gasteiger partial charge in [-0.3, -0.25) is 4.98 Å². The molecule has 0 bridgehead atoms. The molecule has 0 saturated heterocycles. The van der Waals surface area contributed by atoms with Gasteiger partial charge in [0.15, 0.2) is 0 Å². The quantitative estimate of drug-likeness (QED) is 0.593. The average molecular weight is 303 g/mol. The fourth-order valence-electron chi connectivity index (χ4n) is 2.48. The smallest absolute Gasteiger partial charge is 0.346 e. The predicted octanol–water partition coefficient (Wildman–Crippen LogP) is 3.08. The summed E-state index contributed by atoms with van der Waals surface area (Å²) >= 11 is 0. The maximum atomic E-state index is 11.1. The Kier molecular flexibility index (Phi) is 3.89. The number of aliphatic carboxylic acids is 1. The van der Waals surface area contributed by atoms with E-state index >= 15 is 0 Å². The lowest BCUT2D eigenvalue weighted by molar-refractivity contribution is -0.132. The highest BCUT2D eigenvalue weighted by Crippen LogP contribution is 2.24. The van der Waals surface area contributed by atoms with Crippen molar-refractivity contribution in [2.75, 3.05) is 0 Å². The molecule has 0 radical (unpaired) electrons. The standard InChI is InChI=1S/C18H13N3O2/c19-10-13(18(22)23)9-14-11-21(12-15-5-3-4-8-20-15)17-7-2-1-6-16(14)17/h1-9,11H,12H2,(H,22,23)/b13-9+. The Morgan fingerprint density at radius 1 is 1.26 bits per heavy atom. The largest absolute Gasteiger partial charge is 0.477 e. The molecule has 0 spiro atoms. The van der Waals surface area contributed by atoms with Gasteiger partial charge in [-0.05, 0) is 24.3 Å². The van der Waals surface area contributed by atoms with Gasteiger partial charge in [0.25, 0.3) is 0 Å². The minimum absolute atomic E-state index is 0.286. The van der Waals surface area contributed by atoms with Crippen LogP contribution in [0.4, 0.5) is 0 Å². The first-order valence-electron chi connectivity index (χ1n) is 7.02. The van der Waals surface area contributed by atoms with Crippen molar-refractivity contribution < 1.29 is 9.90 Å². The van der Waals surface area contributed by atoms with Gasteiger partial charge in [0.05, 0.1) is 12.2 Å². The van der Waals surface area contributed by atoms with E-state index in [1.807, 2.05) is 53.2 Å². The lowest BCUT2D eigenvalue weighted by Crippen LogP contribution is -1.99.